The number of hydrogen-bond acceptors (Lipinski definition) is 3. The second-order valence-corrected chi connectivity index (χ2v) is 3.86. The number of rotatable bonds is 5. The monoisotopic (exact) mass is 233 g/mol. The zero-order chi connectivity index (χ0) is 12.1. The SMILES string of the molecule is O=C(Cc1coc2ccccc12)NCCCO. The topological polar surface area (TPSA) is 62.5 Å². The fraction of sp³-hybridized carbons (Fsp3) is 0.308. The van der Waals surface area contributed by atoms with Crippen molar-refractivity contribution >= 4 is 16.9 Å². The number of aliphatic hydroxyl groups is 1. The molecule has 0 fully saturated rings. The minimum atomic E-state index is -0.0509. The van der Waals surface area contributed by atoms with Crippen LogP contribution < -0.4 is 5.32 Å². The first-order chi connectivity index (χ1) is 8.31. The second-order valence-electron chi connectivity index (χ2n) is 3.86. The van der Waals surface area contributed by atoms with Crippen molar-refractivity contribution in [2.75, 3.05) is 13.2 Å². The van der Waals surface area contributed by atoms with Gasteiger partial charge in [0.05, 0.1) is 12.7 Å². The Morgan fingerprint density at radius 3 is 3.00 bits per heavy atom. The fourth-order valence-electron chi connectivity index (χ4n) is 1.71. The second kappa shape index (κ2) is 5.50. The van der Waals surface area contributed by atoms with E-state index in [1.54, 1.807) is 6.26 Å². The average molecular weight is 233 g/mol. The highest BCUT2D eigenvalue weighted by molar-refractivity contribution is 5.87. The van der Waals surface area contributed by atoms with Crippen molar-refractivity contribution < 1.29 is 14.3 Å². The Morgan fingerprint density at radius 2 is 2.18 bits per heavy atom. The molecular formula is C13H15NO3. The Hall–Kier alpha value is -1.81. The predicted molar refractivity (Wildman–Crippen MR) is 64.6 cm³/mol. The van der Waals surface area contributed by atoms with Crippen LogP contribution in [0, 0.1) is 0 Å². The summed E-state index contributed by atoms with van der Waals surface area (Å²) in [6.07, 6.45) is 2.51. The van der Waals surface area contributed by atoms with Crippen LogP contribution in [0.5, 0.6) is 0 Å². The number of carbonyl (C=O) groups excluding carboxylic acids is 1. The van der Waals surface area contributed by atoms with Crippen molar-refractivity contribution in [3.05, 3.63) is 36.1 Å². The standard InChI is InChI=1S/C13H15NO3/c15-7-3-6-14-13(16)8-10-9-17-12-5-2-1-4-11(10)12/h1-2,4-5,9,15H,3,6-8H2,(H,14,16). The predicted octanol–water partition coefficient (Wildman–Crippen LogP) is 1.47. The number of hydrogen-bond donors (Lipinski definition) is 2. The summed E-state index contributed by atoms with van der Waals surface area (Å²) in [5.74, 6) is -0.0509. The summed E-state index contributed by atoms with van der Waals surface area (Å²) in [6, 6.07) is 7.64. The largest absolute Gasteiger partial charge is 0.464 e. The van der Waals surface area contributed by atoms with Gasteiger partial charge in [-0.05, 0) is 12.5 Å². The molecule has 1 heterocycles. The zero-order valence-corrected chi connectivity index (χ0v) is 9.48. The highest BCUT2D eigenvalue weighted by Crippen LogP contribution is 2.20. The minimum Gasteiger partial charge on any atom is -0.464 e. The van der Waals surface area contributed by atoms with E-state index in [9.17, 15) is 4.79 Å². The van der Waals surface area contributed by atoms with E-state index in [2.05, 4.69) is 5.32 Å². The summed E-state index contributed by atoms with van der Waals surface area (Å²) < 4.78 is 5.36. The van der Waals surface area contributed by atoms with Gasteiger partial charge in [0.15, 0.2) is 0 Å². The molecule has 0 aliphatic heterocycles. The van der Waals surface area contributed by atoms with Crippen molar-refractivity contribution in [1.82, 2.24) is 5.32 Å². The van der Waals surface area contributed by atoms with Gasteiger partial charge in [0.25, 0.3) is 0 Å². The van der Waals surface area contributed by atoms with Crippen LogP contribution in [0.25, 0.3) is 11.0 Å². The molecule has 1 aromatic heterocycles. The number of nitrogens with one attached hydrogen (secondary N) is 1. The van der Waals surface area contributed by atoms with Crippen LogP contribution in [0.4, 0.5) is 0 Å². The van der Waals surface area contributed by atoms with Gasteiger partial charge in [-0.1, -0.05) is 18.2 Å². The van der Waals surface area contributed by atoms with E-state index in [0.29, 0.717) is 19.4 Å². The summed E-state index contributed by atoms with van der Waals surface area (Å²) in [4.78, 5) is 11.6. The molecule has 2 rings (SSSR count). The number of benzene rings is 1. The molecule has 1 amide bonds. The molecular weight excluding hydrogens is 218 g/mol. The van der Waals surface area contributed by atoms with Crippen LogP contribution in [0.3, 0.4) is 0 Å². The van der Waals surface area contributed by atoms with Crippen molar-refractivity contribution in [3.63, 3.8) is 0 Å². The molecule has 0 saturated carbocycles. The van der Waals surface area contributed by atoms with Crippen molar-refractivity contribution in [1.29, 1.82) is 0 Å². The van der Waals surface area contributed by atoms with Gasteiger partial charge < -0.3 is 14.8 Å². The maximum absolute atomic E-state index is 11.6. The number of aliphatic hydroxyl groups excluding tert-OH is 1. The van der Waals surface area contributed by atoms with E-state index in [0.717, 1.165) is 16.5 Å². The van der Waals surface area contributed by atoms with Crippen LogP contribution in [0.2, 0.25) is 0 Å². The molecule has 4 nitrogen and oxygen atoms in total. The number of amides is 1. The van der Waals surface area contributed by atoms with E-state index in [4.69, 9.17) is 9.52 Å². The van der Waals surface area contributed by atoms with Crippen molar-refractivity contribution in [2.24, 2.45) is 0 Å². The Balaban J connectivity index is 2.01. The maximum Gasteiger partial charge on any atom is 0.224 e. The molecule has 4 heteroatoms. The van der Waals surface area contributed by atoms with E-state index in [-0.39, 0.29) is 12.5 Å². The van der Waals surface area contributed by atoms with Crippen molar-refractivity contribution in [3.8, 4) is 0 Å². The third-order valence-corrected chi connectivity index (χ3v) is 2.57. The Morgan fingerprint density at radius 1 is 1.35 bits per heavy atom. The first-order valence-electron chi connectivity index (χ1n) is 5.64. The van der Waals surface area contributed by atoms with Crippen LogP contribution >= 0.6 is 0 Å². The molecule has 0 aliphatic carbocycles. The van der Waals surface area contributed by atoms with E-state index in [1.165, 1.54) is 0 Å². The van der Waals surface area contributed by atoms with Gasteiger partial charge in [0.1, 0.15) is 5.58 Å². The molecule has 17 heavy (non-hydrogen) atoms. The molecule has 2 aromatic rings. The molecule has 0 atom stereocenters. The summed E-state index contributed by atoms with van der Waals surface area (Å²) in [5, 5.41) is 12.3. The van der Waals surface area contributed by atoms with Gasteiger partial charge >= 0.3 is 0 Å². The molecule has 0 radical (unpaired) electrons. The lowest BCUT2D eigenvalue weighted by Gasteiger charge is -2.02. The molecule has 2 N–H and O–H groups in total. The van der Waals surface area contributed by atoms with E-state index in [1.807, 2.05) is 24.3 Å². The lowest BCUT2D eigenvalue weighted by atomic mass is 10.1. The number of para-hydroxylation sites is 1. The van der Waals surface area contributed by atoms with Gasteiger partial charge in [-0.25, -0.2) is 0 Å². The summed E-state index contributed by atoms with van der Waals surface area (Å²) in [6.45, 7) is 0.597. The Kier molecular flexibility index (Phi) is 3.77. The summed E-state index contributed by atoms with van der Waals surface area (Å²) >= 11 is 0. The molecule has 0 aliphatic rings. The zero-order valence-electron chi connectivity index (χ0n) is 9.48. The third kappa shape index (κ3) is 2.85. The number of carbonyl (C=O) groups is 1. The molecule has 1 aromatic carbocycles. The lowest BCUT2D eigenvalue weighted by molar-refractivity contribution is -0.120. The maximum atomic E-state index is 11.6. The molecule has 0 spiro atoms. The van der Waals surface area contributed by atoms with Gasteiger partial charge in [-0.3, -0.25) is 4.79 Å². The highest BCUT2D eigenvalue weighted by atomic mass is 16.3. The minimum absolute atomic E-state index is 0.0509. The number of furan rings is 1. The quantitative estimate of drug-likeness (QED) is 0.769. The Bertz CT molecular complexity index is 504. The van der Waals surface area contributed by atoms with Gasteiger partial charge in [0.2, 0.25) is 5.91 Å². The summed E-state index contributed by atoms with van der Waals surface area (Å²) in [7, 11) is 0. The molecule has 0 bridgehead atoms. The molecule has 90 valence electrons. The van der Waals surface area contributed by atoms with Gasteiger partial charge in [0, 0.05) is 24.1 Å². The van der Waals surface area contributed by atoms with E-state index < -0.39 is 0 Å². The van der Waals surface area contributed by atoms with Crippen LogP contribution in [0.15, 0.2) is 34.9 Å². The normalized spacial score (nSPS) is 10.6. The Labute approximate surface area is 99.2 Å². The summed E-state index contributed by atoms with van der Waals surface area (Å²) in [5.41, 5.74) is 1.69. The smallest absolute Gasteiger partial charge is 0.224 e. The van der Waals surface area contributed by atoms with Gasteiger partial charge in [-0.2, -0.15) is 0 Å². The lowest BCUT2D eigenvalue weighted by Crippen LogP contribution is -2.26. The fourth-order valence-corrected chi connectivity index (χ4v) is 1.71. The van der Waals surface area contributed by atoms with Gasteiger partial charge in [-0.15, -0.1) is 0 Å². The first-order valence-corrected chi connectivity index (χ1v) is 5.64. The first kappa shape index (κ1) is 11.7. The van der Waals surface area contributed by atoms with Crippen molar-refractivity contribution in [2.45, 2.75) is 12.8 Å². The number of fused-ring (bicyclic) bond motifs is 1. The van der Waals surface area contributed by atoms with Crippen LogP contribution in [-0.4, -0.2) is 24.2 Å². The van der Waals surface area contributed by atoms with Crippen LogP contribution in [-0.2, 0) is 11.2 Å². The molecule has 0 saturated heterocycles. The molecule has 0 unspecified atom stereocenters. The average Bonchev–Trinajstić information content (AvgIpc) is 2.73. The highest BCUT2D eigenvalue weighted by Gasteiger charge is 2.09. The third-order valence-electron chi connectivity index (χ3n) is 2.57. The van der Waals surface area contributed by atoms with Crippen LogP contribution in [0.1, 0.15) is 12.0 Å². The van der Waals surface area contributed by atoms with E-state index >= 15 is 0 Å².